The monoisotopic (exact) mass is 419 g/mol. The fourth-order valence-corrected chi connectivity index (χ4v) is 4.71. The number of benzene rings is 1. The number of fused-ring (bicyclic) bond motifs is 1. The number of hydrogen-bond acceptors (Lipinski definition) is 4. The number of aromatic nitrogens is 3. The molecule has 0 atom stereocenters. The Kier molecular flexibility index (Phi) is 5.90. The molecule has 2 aromatic heterocycles. The second-order valence-electron chi connectivity index (χ2n) is 8.64. The number of rotatable bonds is 7. The summed E-state index contributed by atoms with van der Waals surface area (Å²) in [6, 6.07) is 9.49. The van der Waals surface area contributed by atoms with E-state index in [-0.39, 0.29) is 5.56 Å². The van der Waals surface area contributed by atoms with E-state index in [1.54, 1.807) is 10.8 Å². The standard InChI is InChI=1S/C25H29N3O3/c1-3-4-10-21-27-19-9-7-8-17(2)22(19)23(29)28(21)16-18-11-12-20(26-15-18)25(24(30)31)13-5-6-14-25/h7-9,11-12,15H,3-6,10,13-14,16H2,1-2H3,(H,30,31). The van der Waals surface area contributed by atoms with Crippen LogP contribution >= 0.6 is 0 Å². The molecule has 6 nitrogen and oxygen atoms in total. The molecule has 2 heterocycles. The molecule has 1 saturated carbocycles. The van der Waals surface area contributed by atoms with Gasteiger partial charge in [0.15, 0.2) is 0 Å². The maximum Gasteiger partial charge on any atom is 0.315 e. The van der Waals surface area contributed by atoms with Gasteiger partial charge in [0.2, 0.25) is 0 Å². The molecular weight excluding hydrogens is 390 g/mol. The molecule has 1 fully saturated rings. The van der Waals surface area contributed by atoms with Crippen LogP contribution in [0.1, 0.15) is 68.1 Å². The Balaban J connectivity index is 1.72. The van der Waals surface area contributed by atoms with Crippen LogP contribution in [0.4, 0.5) is 0 Å². The lowest BCUT2D eigenvalue weighted by atomic mass is 9.82. The Hall–Kier alpha value is -3.02. The predicted octanol–water partition coefficient (Wildman–Crippen LogP) is 4.39. The van der Waals surface area contributed by atoms with E-state index in [9.17, 15) is 14.7 Å². The largest absolute Gasteiger partial charge is 0.481 e. The molecule has 0 radical (unpaired) electrons. The minimum atomic E-state index is -0.872. The number of carbonyl (C=O) groups is 1. The molecular formula is C25H29N3O3. The number of carboxylic acid groups (broad SMARTS) is 1. The van der Waals surface area contributed by atoms with E-state index in [4.69, 9.17) is 4.98 Å². The highest BCUT2D eigenvalue weighted by molar-refractivity contribution is 5.81. The van der Waals surface area contributed by atoms with Gasteiger partial charge in [-0.2, -0.15) is 0 Å². The van der Waals surface area contributed by atoms with E-state index < -0.39 is 11.4 Å². The molecule has 0 bridgehead atoms. The summed E-state index contributed by atoms with van der Waals surface area (Å²) in [5.41, 5.74) is 2.25. The molecule has 162 valence electrons. The number of carboxylic acids is 1. The molecule has 6 heteroatoms. The van der Waals surface area contributed by atoms with Crippen molar-refractivity contribution in [2.24, 2.45) is 0 Å². The second kappa shape index (κ2) is 8.61. The van der Waals surface area contributed by atoms with Gasteiger partial charge in [0.25, 0.3) is 5.56 Å². The zero-order valence-electron chi connectivity index (χ0n) is 18.2. The van der Waals surface area contributed by atoms with Crippen LogP contribution in [0.2, 0.25) is 0 Å². The number of unbranched alkanes of at least 4 members (excludes halogenated alkanes) is 1. The Labute approximate surface area is 182 Å². The van der Waals surface area contributed by atoms with Crippen molar-refractivity contribution in [3.8, 4) is 0 Å². The van der Waals surface area contributed by atoms with Crippen LogP contribution in [0.25, 0.3) is 10.9 Å². The van der Waals surface area contributed by atoms with Crippen molar-refractivity contribution in [1.29, 1.82) is 0 Å². The van der Waals surface area contributed by atoms with E-state index in [0.717, 1.165) is 54.6 Å². The third kappa shape index (κ3) is 3.87. The van der Waals surface area contributed by atoms with Gasteiger partial charge in [0.05, 0.1) is 23.1 Å². The first-order chi connectivity index (χ1) is 15.0. The highest BCUT2D eigenvalue weighted by Gasteiger charge is 2.44. The maximum atomic E-state index is 13.4. The minimum absolute atomic E-state index is 0.0314. The third-order valence-electron chi connectivity index (χ3n) is 6.55. The van der Waals surface area contributed by atoms with Crippen LogP contribution in [0.3, 0.4) is 0 Å². The van der Waals surface area contributed by atoms with Crippen molar-refractivity contribution in [2.75, 3.05) is 0 Å². The van der Waals surface area contributed by atoms with E-state index in [2.05, 4.69) is 11.9 Å². The fraction of sp³-hybridized carbons (Fsp3) is 0.440. The summed E-state index contributed by atoms with van der Waals surface area (Å²) in [5, 5.41) is 10.5. The van der Waals surface area contributed by atoms with Crippen LogP contribution in [-0.4, -0.2) is 25.6 Å². The first-order valence-corrected chi connectivity index (χ1v) is 11.1. The molecule has 0 aliphatic heterocycles. The van der Waals surface area contributed by atoms with Crippen LogP contribution in [-0.2, 0) is 23.2 Å². The quantitative estimate of drug-likeness (QED) is 0.614. The van der Waals surface area contributed by atoms with Crippen LogP contribution in [0.5, 0.6) is 0 Å². The maximum absolute atomic E-state index is 13.4. The van der Waals surface area contributed by atoms with E-state index in [0.29, 0.717) is 30.5 Å². The lowest BCUT2D eigenvalue weighted by Crippen LogP contribution is -2.33. The fourth-order valence-electron chi connectivity index (χ4n) is 4.71. The second-order valence-corrected chi connectivity index (χ2v) is 8.64. The number of aliphatic carboxylic acids is 1. The van der Waals surface area contributed by atoms with Crippen molar-refractivity contribution in [3.05, 3.63) is 69.5 Å². The zero-order chi connectivity index (χ0) is 22.0. The first kappa shape index (κ1) is 21.2. The van der Waals surface area contributed by atoms with Gasteiger partial charge in [-0.05, 0) is 49.4 Å². The van der Waals surface area contributed by atoms with E-state index >= 15 is 0 Å². The van der Waals surface area contributed by atoms with Gasteiger partial charge >= 0.3 is 5.97 Å². The van der Waals surface area contributed by atoms with Gasteiger partial charge in [-0.15, -0.1) is 0 Å². The summed E-state index contributed by atoms with van der Waals surface area (Å²) in [6.45, 7) is 4.44. The van der Waals surface area contributed by atoms with Crippen molar-refractivity contribution in [3.63, 3.8) is 0 Å². The van der Waals surface area contributed by atoms with E-state index in [1.807, 2.05) is 37.3 Å². The Morgan fingerprint density at radius 3 is 2.61 bits per heavy atom. The van der Waals surface area contributed by atoms with Gasteiger partial charge in [0.1, 0.15) is 11.2 Å². The van der Waals surface area contributed by atoms with Gasteiger partial charge in [-0.25, -0.2) is 4.98 Å². The van der Waals surface area contributed by atoms with Crippen molar-refractivity contribution in [2.45, 2.75) is 70.8 Å². The molecule has 0 unspecified atom stereocenters. The normalized spacial score (nSPS) is 15.4. The summed E-state index contributed by atoms with van der Waals surface area (Å²) in [7, 11) is 0. The average Bonchev–Trinajstić information content (AvgIpc) is 3.26. The summed E-state index contributed by atoms with van der Waals surface area (Å²) < 4.78 is 1.75. The first-order valence-electron chi connectivity index (χ1n) is 11.1. The number of aryl methyl sites for hydroxylation is 2. The van der Waals surface area contributed by atoms with Crippen molar-refractivity contribution in [1.82, 2.24) is 14.5 Å². The Morgan fingerprint density at radius 1 is 1.19 bits per heavy atom. The van der Waals surface area contributed by atoms with Crippen molar-refractivity contribution < 1.29 is 9.90 Å². The summed E-state index contributed by atoms with van der Waals surface area (Å²) in [6.07, 6.45) is 7.52. The number of nitrogens with zero attached hydrogens (tertiary/aromatic N) is 3. The van der Waals surface area contributed by atoms with Gasteiger partial charge in [-0.1, -0.05) is 44.4 Å². The Bertz CT molecular complexity index is 1160. The van der Waals surface area contributed by atoms with Gasteiger partial charge in [-0.3, -0.25) is 19.1 Å². The predicted molar refractivity (Wildman–Crippen MR) is 120 cm³/mol. The third-order valence-corrected chi connectivity index (χ3v) is 6.55. The minimum Gasteiger partial charge on any atom is -0.481 e. The molecule has 31 heavy (non-hydrogen) atoms. The van der Waals surface area contributed by atoms with Gasteiger partial charge < -0.3 is 5.11 Å². The number of pyridine rings is 1. The van der Waals surface area contributed by atoms with Crippen molar-refractivity contribution >= 4 is 16.9 Å². The summed E-state index contributed by atoms with van der Waals surface area (Å²) in [4.78, 5) is 34.7. The highest BCUT2D eigenvalue weighted by atomic mass is 16.4. The smallest absolute Gasteiger partial charge is 0.315 e. The summed E-state index contributed by atoms with van der Waals surface area (Å²) >= 11 is 0. The lowest BCUT2D eigenvalue weighted by Gasteiger charge is -2.23. The molecule has 1 N–H and O–H groups in total. The molecule has 1 aliphatic carbocycles. The number of hydrogen-bond donors (Lipinski definition) is 1. The summed E-state index contributed by atoms with van der Waals surface area (Å²) in [5.74, 6) is -0.00986. The molecule has 0 amide bonds. The SMILES string of the molecule is CCCCc1nc2cccc(C)c2c(=O)n1Cc1ccc(C2(C(=O)O)CCCC2)nc1. The molecule has 4 rings (SSSR count). The zero-order valence-corrected chi connectivity index (χ0v) is 18.2. The Morgan fingerprint density at radius 2 is 1.97 bits per heavy atom. The molecule has 0 saturated heterocycles. The molecule has 3 aromatic rings. The highest BCUT2D eigenvalue weighted by Crippen LogP contribution is 2.40. The average molecular weight is 420 g/mol. The van der Waals surface area contributed by atoms with E-state index in [1.165, 1.54) is 0 Å². The van der Waals surface area contributed by atoms with Crippen LogP contribution < -0.4 is 5.56 Å². The van der Waals surface area contributed by atoms with Gasteiger partial charge in [0, 0.05) is 12.6 Å². The molecule has 1 aliphatic rings. The topological polar surface area (TPSA) is 85.1 Å². The van der Waals surface area contributed by atoms with Crippen LogP contribution in [0, 0.1) is 6.92 Å². The van der Waals surface area contributed by atoms with Crippen LogP contribution in [0.15, 0.2) is 41.3 Å². The molecule has 0 spiro atoms. The molecule has 1 aromatic carbocycles. The lowest BCUT2D eigenvalue weighted by molar-refractivity contribution is -0.143.